The van der Waals surface area contributed by atoms with Gasteiger partial charge in [0.1, 0.15) is 18.2 Å². The van der Waals surface area contributed by atoms with E-state index in [0.717, 1.165) is 15.4 Å². The summed E-state index contributed by atoms with van der Waals surface area (Å²) in [6.45, 7) is 0.626. The van der Waals surface area contributed by atoms with Crippen molar-refractivity contribution in [3.8, 4) is 5.75 Å². The maximum atomic E-state index is 13.9. The number of hydrogen-bond donors (Lipinski definition) is 2. The van der Waals surface area contributed by atoms with E-state index in [-0.39, 0.29) is 11.6 Å². The summed E-state index contributed by atoms with van der Waals surface area (Å²) in [4.78, 5) is 4.65. The van der Waals surface area contributed by atoms with Crippen LogP contribution in [0, 0.1) is 0 Å². The van der Waals surface area contributed by atoms with Crippen LogP contribution in [0.15, 0.2) is 53.1 Å². The molecule has 4 rings (SSSR count). The van der Waals surface area contributed by atoms with E-state index in [4.69, 9.17) is 9.84 Å². The van der Waals surface area contributed by atoms with Crippen LogP contribution in [-0.4, -0.2) is 33.4 Å². The number of hydrogen-bond acceptors (Lipinski definition) is 5. The van der Waals surface area contributed by atoms with Crippen molar-refractivity contribution in [3.05, 3.63) is 64.3 Å². The quantitative estimate of drug-likeness (QED) is 0.413. The lowest BCUT2D eigenvalue weighted by molar-refractivity contribution is -0.0556. The van der Waals surface area contributed by atoms with Crippen LogP contribution in [0.4, 0.5) is 14.6 Å². The van der Waals surface area contributed by atoms with E-state index in [1.807, 2.05) is 19.1 Å². The molecule has 9 heteroatoms. The summed E-state index contributed by atoms with van der Waals surface area (Å²) in [6.07, 6.45) is 1.66. The van der Waals surface area contributed by atoms with Gasteiger partial charge in [0.2, 0.25) is 0 Å². The van der Waals surface area contributed by atoms with Crippen LogP contribution in [0.5, 0.6) is 5.75 Å². The molecule has 2 aromatic heterocycles. The highest BCUT2D eigenvalue weighted by Gasteiger charge is 2.30. The van der Waals surface area contributed by atoms with E-state index >= 15 is 0 Å². The van der Waals surface area contributed by atoms with Crippen molar-refractivity contribution >= 4 is 38.3 Å². The summed E-state index contributed by atoms with van der Waals surface area (Å²) in [6, 6.07) is 11.2. The van der Waals surface area contributed by atoms with E-state index in [2.05, 4.69) is 31.3 Å². The van der Waals surface area contributed by atoms with Crippen molar-refractivity contribution in [2.45, 2.75) is 18.9 Å². The zero-order chi connectivity index (χ0) is 21.5. The van der Waals surface area contributed by atoms with E-state index in [1.54, 1.807) is 36.0 Å². The fourth-order valence-corrected chi connectivity index (χ4v) is 3.84. The van der Waals surface area contributed by atoms with Gasteiger partial charge in [0.25, 0.3) is 5.92 Å². The molecule has 4 aromatic rings. The third kappa shape index (κ3) is 3.59. The monoisotopic (exact) mass is 476 g/mol. The number of halogens is 3. The van der Waals surface area contributed by atoms with Gasteiger partial charge in [-0.1, -0.05) is 18.2 Å². The largest absolute Gasteiger partial charge is 0.495 e. The molecule has 0 aliphatic heterocycles. The van der Waals surface area contributed by atoms with Gasteiger partial charge in [-0.3, -0.25) is 0 Å². The molecule has 1 atom stereocenters. The number of ether oxygens (including phenoxy) is 1. The molecular formula is C21H19BrF2N4O2. The Balaban J connectivity index is 1.78. The molecule has 1 unspecified atom stereocenters. The number of nitrogens with zero attached hydrogens (tertiary/aromatic N) is 3. The normalized spacial score (nSPS) is 13.0. The second-order valence-corrected chi connectivity index (χ2v) is 7.77. The maximum absolute atomic E-state index is 13.9. The Labute approximate surface area is 179 Å². The number of alkyl halides is 2. The molecule has 0 spiro atoms. The van der Waals surface area contributed by atoms with Crippen molar-refractivity contribution in [2.75, 3.05) is 19.0 Å². The first kappa shape index (κ1) is 20.5. The molecule has 2 heterocycles. The molecule has 0 aliphatic rings. The Morgan fingerprint density at radius 1 is 1.27 bits per heavy atom. The minimum atomic E-state index is -3.29. The van der Waals surface area contributed by atoms with Gasteiger partial charge >= 0.3 is 0 Å². The van der Waals surface area contributed by atoms with Crippen LogP contribution in [0.2, 0.25) is 0 Å². The Morgan fingerprint density at radius 3 is 2.80 bits per heavy atom. The average molecular weight is 477 g/mol. The van der Waals surface area contributed by atoms with Crippen molar-refractivity contribution < 1.29 is 18.6 Å². The highest BCUT2D eigenvalue weighted by Crippen LogP contribution is 2.35. The minimum Gasteiger partial charge on any atom is -0.495 e. The zero-order valence-corrected chi connectivity index (χ0v) is 17.8. The van der Waals surface area contributed by atoms with Gasteiger partial charge in [0.15, 0.2) is 5.65 Å². The highest BCUT2D eigenvalue weighted by atomic mass is 79.9. The number of anilines is 1. The first-order chi connectivity index (χ1) is 14.3. The molecule has 2 aromatic carbocycles. The van der Waals surface area contributed by atoms with Crippen LogP contribution in [0.25, 0.3) is 16.6 Å². The van der Waals surface area contributed by atoms with Crippen molar-refractivity contribution in [1.29, 1.82) is 0 Å². The van der Waals surface area contributed by atoms with Gasteiger partial charge in [-0.05, 0) is 40.5 Å². The van der Waals surface area contributed by atoms with Crippen LogP contribution >= 0.6 is 15.9 Å². The van der Waals surface area contributed by atoms with Gasteiger partial charge in [-0.25, -0.2) is 9.50 Å². The van der Waals surface area contributed by atoms with E-state index in [9.17, 15) is 8.78 Å². The molecule has 156 valence electrons. The first-order valence-corrected chi connectivity index (χ1v) is 10.00. The molecular weight excluding hydrogens is 458 g/mol. The molecule has 6 nitrogen and oxygen atoms in total. The molecule has 2 N–H and O–H groups in total. The first-order valence-electron chi connectivity index (χ1n) is 9.20. The molecule has 0 bridgehead atoms. The Morgan fingerprint density at radius 2 is 2.07 bits per heavy atom. The number of methoxy groups -OCH3 is 1. The fourth-order valence-electron chi connectivity index (χ4n) is 3.33. The predicted molar refractivity (Wildman–Crippen MR) is 114 cm³/mol. The Hall–Kier alpha value is -2.78. The third-order valence-corrected chi connectivity index (χ3v) is 5.58. The lowest BCUT2D eigenvalue weighted by Gasteiger charge is -2.20. The SMILES string of the molecule is COc1cc2c(cc1Br)c(NC(C)c1cccc(C(F)(F)CO)c1)nc1ccnn12. The molecule has 0 fully saturated rings. The van der Waals surface area contributed by atoms with Crippen LogP contribution < -0.4 is 10.1 Å². The van der Waals surface area contributed by atoms with Gasteiger partial charge in [0.05, 0.1) is 23.3 Å². The summed E-state index contributed by atoms with van der Waals surface area (Å²) in [5.74, 6) is -2.05. The summed E-state index contributed by atoms with van der Waals surface area (Å²) in [5, 5.41) is 17.4. The summed E-state index contributed by atoms with van der Waals surface area (Å²) in [7, 11) is 1.59. The van der Waals surface area contributed by atoms with Crippen LogP contribution in [0.3, 0.4) is 0 Å². The highest BCUT2D eigenvalue weighted by molar-refractivity contribution is 9.10. The van der Waals surface area contributed by atoms with Crippen LogP contribution in [-0.2, 0) is 5.92 Å². The van der Waals surface area contributed by atoms with Crippen molar-refractivity contribution in [1.82, 2.24) is 14.6 Å². The number of fused-ring (bicyclic) bond motifs is 3. The second kappa shape index (κ2) is 7.81. The zero-order valence-electron chi connectivity index (χ0n) is 16.2. The van der Waals surface area contributed by atoms with E-state index < -0.39 is 12.5 Å². The second-order valence-electron chi connectivity index (χ2n) is 6.92. The van der Waals surface area contributed by atoms with Crippen molar-refractivity contribution in [2.24, 2.45) is 0 Å². The minimum absolute atomic E-state index is 0.229. The molecule has 0 radical (unpaired) electrons. The number of benzene rings is 2. The number of rotatable bonds is 6. The average Bonchev–Trinajstić information content (AvgIpc) is 3.22. The smallest absolute Gasteiger partial charge is 0.295 e. The molecule has 0 amide bonds. The van der Waals surface area contributed by atoms with Gasteiger partial charge in [-0.15, -0.1) is 0 Å². The molecule has 0 saturated carbocycles. The van der Waals surface area contributed by atoms with E-state index in [1.165, 1.54) is 12.1 Å². The summed E-state index contributed by atoms with van der Waals surface area (Å²) < 4.78 is 35.7. The summed E-state index contributed by atoms with van der Waals surface area (Å²) >= 11 is 3.50. The van der Waals surface area contributed by atoms with Gasteiger partial charge < -0.3 is 15.2 Å². The van der Waals surface area contributed by atoms with Crippen molar-refractivity contribution in [3.63, 3.8) is 0 Å². The molecule has 30 heavy (non-hydrogen) atoms. The standard InChI is InChI=1S/C21H19BrF2N4O2/c1-12(13-4-3-5-14(8-13)21(23,24)11-29)26-20-15-9-16(22)18(30-2)10-17(15)28-19(27-20)6-7-25-28/h3-10,12,29H,11H2,1-2H3,(H,26,27). The number of aliphatic hydroxyl groups excluding tert-OH is 1. The molecule has 0 saturated heterocycles. The number of aromatic nitrogens is 3. The van der Waals surface area contributed by atoms with Crippen LogP contribution in [0.1, 0.15) is 24.1 Å². The number of nitrogens with one attached hydrogen (secondary N) is 1. The van der Waals surface area contributed by atoms with Gasteiger partial charge in [-0.2, -0.15) is 13.9 Å². The predicted octanol–water partition coefficient (Wildman–Crippen LogP) is 4.91. The maximum Gasteiger partial charge on any atom is 0.295 e. The Kier molecular flexibility index (Phi) is 5.33. The third-order valence-electron chi connectivity index (χ3n) is 4.96. The lowest BCUT2D eigenvalue weighted by Crippen LogP contribution is -2.19. The fraction of sp³-hybridized carbons (Fsp3) is 0.238. The number of aliphatic hydroxyl groups is 1. The Bertz CT molecular complexity index is 1230. The topological polar surface area (TPSA) is 71.7 Å². The van der Waals surface area contributed by atoms with E-state index in [0.29, 0.717) is 22.8 Å². The van der Waals surface area contributed by atoms with Gasteiger partial charge in [0, 0.05) is 29.1 Å². The summed E-state index contributed by atoms with van der Waals surface area (Å²) in [5.41, 5.74) is 1.85. The molecule has 0 aliphatic carbocycles. The lowest BCUT2D eigenvalue weighted by atomic mass is 10.0.